The lowest BCUT2D eigenvalue weighted by Crippen LogP contribution is -2.23. The third-order valence-electron chi connectivity index (χ3n) is 3.84. The van der Waals surface area contributed by atoms with Crippen LogP contribution in [-0.2, 0) is 9.53 Å². The van der Waals surface area contributed by atoms with Gasteiger partial charge in [0.1, 0.15) is 6.61 Å². The van der Waals surface area contributed by atoms with E-state index in [1.165, 1.54) is 11.1 Å². The van der Waals surface area contributed by atoms with Gasteiger partial charge in [0, 0.05) is 18.9 Å². The Bertz CT molecular complexity index is 529. The molecule has 0 aliphatic rings. The first kappa shape index (κ1) is 17.2. The van der Waals surface area contributed by atoms with E-state index in [0.29, 0.717) is 25.5 Å². The van der Waals surface area contributed by atoms with Crippen molar-refractivity contribution in [3.8, 4) is 0 Å². The molecule has 2 aromatic rings. The van der Waals surface area contributed by atoms with E-state index in [2.05, 4.69) is 53.8 Å². The molecule has 0 radical (unpaired) electrons. The summed E-state index contributed by atoms with van der Waals surface area (Å²) in [5.41, 5.74) is 2.66. The maximum atomic E-state index is 11.1. The van der Waals surface area contributed by atoms with E-state index < -0.39 is 0 Å². The highest BCUT2D eigenvalue weighted by atomic mass is 16.5. The molecule has 2 rings (SSSR count). The van der Waals surface area contributed by atoms with Crippen LogP contribution in [-0.4, -0.2) is 25.7 Å². The molecule has 122 valence electrons. The third kappa shape index (κ3) is 5.87. The van der Waals surface area contributed by atoms with Crippen LogP contribution in [0.25, 0.3) is 0 Å². The van der Waals surface area contributed by atoms with Gasteiger partial charge in [-0.3, -0.25) is 4.79 Å². The van der Waals surface area contributed by atoms with Gasteiger partial charge in [-0.05, 0) is 24.1 Å². The Balaban J connectivity index is 1.86. The fourth-order valence-electron chi connectivity index (χ4n) is 2.61. The van der Waals surface area contributed by atoms with Gasteiger partial charge in [0.05, 0.1) is 0 Å². The second-order valence-electron chi connectivity index (χ2n) is 5.49. The average molecular weight is 311 g/mol. The summed E-state index contributed by atoms with van der Waals surface area (Å²) >= 11 is 0. The Morgan fingerprint density at radius 2 is 1.52 bits per heavy atom. The van der Waals surface area contributed by atoms with E-state index in [1.54, 1.807) is 6.92 Å². The number of rotatable bonds is 9. The predicted molar refractivity (Wildman–Crippen MR) is 93.5 cm³/mol. The Morgan fingerprint density at radius 1 is 0.957 bits per heavy atom. The van der Waals surface area contributed by atoms with Crippen LogP contribution < -0.4 is 5.32 Å². The van der Waals surface area contributed by atoms with Crippen LogP contribution in [0.1, 0.15) is 36.8 Å². The van der Waals surface area contributed by atoms with Gasteiger partial charge in [-0.15, -0.1) is 0 Å². The molecule has 0 saturated carbocycles. The van der Waals surface area contributed by atoms with Crippen LogP contribution >= 0.6 is 0 Å². The summed E-state index contributed by atoms with van der Waals surface area (Å²) in [5, 5.41) is 3.36. The topological polar surface area (TPSA) is 38.3 Å². The number of benzene rings is 2. The van der Waals surface area contributed by atoms with E-state index >= 15 is 0 Å². The largest absolute Gasteiger partial charge is 0.464 e. The number of ether oxygens (including phenoxy) is 1. The molecule has 0 spiro atoms. The molecule has 0 fully saturated rings. The van der Waals surface area contributed by atoms with E-state index in [4.69, 9.17) is 4.74 Å². The van der Waals surface area contributed by atoms with Crippen molar-refractivity contribution in [2.75, 3.05) is 19.7 Å². The summed E-state index contributed by atoms with van der Waals surface area (Å²) in [6.07, 6.45) is 1.44. The molecule has 0 unspecified atom stereocenters. The van der Waals surface area contributed by atoms with Gasteiger partial charge in [0.25, 0.3) is 0 Å². The third-order valence-corrected chi connectivity index (χ3v) is 3.84. The highest BCUT2D eigenvalue weighted by molar-refractivity contribution is 5.68. The highest BCUT2D eigenvalue weighted by Gasteiger charge is 2.13. The molecular weight excluding hydrogens is 286 g/mol. The van der Waals surface area contributed by atoms with Crippen LogP contribution in [0.15, 0.2) is 60.7 Å². The maximum Gasteiger partial charge on any atom is 0.305 e. The van der Waals surface area contributed by atoms with E-state index in [-0.39, 0.29) is 5.97 Å². The van der Waals surface area contributed by atoms with Gasteiger partial charge in [0.15, 0.2) is 0 Å². The van der Waals surface area contributed by atoms with Crippen molar-refractivity contribution >= 4 is 5.97 Å². The van der Waals surface area contributed by atoms with Crippen molar-refractivity contribution in [3.63, 3.8) is 0 Å². The van der Waals surface area contributed by atoms with Gasteiger partial charge in [0.2, 0.25) is 0 Å². The van der Waals surface area contributed by atoms with Crippen molar-refractivity contribution in [3.05, 3.63) is 71.8 Å². The molecule has 23 heavy (non-hydrogen) atoms. The van der Waals surface area contributed by atoms with Gasteiger partial charge in [-0.25, -0.2) is 0 Å². The zero-order valence-electron chi connectivity index (χ0n) is 13.7. The summed E-state index contributed by atoms with van der Waals surface area (Å²) in [6, 6.07) is 21.2. The van der Waals surface area contributed by atoms with Crippen LogP contribution in [0.5, 0.6) is 0 Å². The standard InChI is InChI=1S/C20H25NO2/c1-2-20(22)23-16-15-21-14-13-19(17-9-5-3-6-10-17)18-11-7-4-8-12-18/h3-12,19,21H,2,13-16H2,1H3. The Hall–Kier alpha value is -2.13. The number of hydrogen-bond acceptors (Lipinski definition) is 3. The Morgan fingerprint density at radius 3 is 2.04 bits per heavy atom. The fourth-order valence-corrected chi connectivity index (χ4v) is 2.61. The second-order valence-corrected chi connectivity index (χ2v) is 5.49. The molecule has 0 aliphatic heterocycles. The van der Waals surface area contributed by atoms with Gasteiger partial charge in [-0.2, -0.15) is 0 Å². The Labute approximate surface area is 138 Å². The molecule has 2 aromatic carbocycles. The molecular formula is C20H25NO2. The molecule has 0 aromatic heterocycles. The summed E-state index contributed by atoms with van der Waals surface area (Å²) in [7, 11) is 0. The first-order chi connectivity index (χ1) is 11.3. The van der Waals surface area contributed by atoms with Crippen molar-refractivity contribution in [2.45, 2.75) is 25.7 Å². The van der Waals surface area contributed by atoms with Crippen molar-refractivity contribution < 1.29 is 9.53 Å². The van der Waals surface area contributed by atoms with Crippen LogP contribution in [0.2, 0.25) is 0 Å². The van der Waals surface area contributed by atoms with Gasteiger partial charge >= 0.3 is 5.97 Å². The number of carbonyl (C=O) groups excluding carboxylic acids is 1. The summed E-state index contributed by atoms with van der Waals surface area (Å²) < 4.78 is 5.07. The molecule has 0 bridgehead atoms. The first-order valence-electron chi connectivity index (χ1n) is 8.27. The molecule has 0 atom stereocenters. The summed E-state index contributed by atoms with van der Waals surface area (Å²) in [6.45, 7) is 3.83. The van der Waals surface area contributed by atoms with Gasteiger partial charge < -0.3 is 10.1 Å². The monoisotopic (exact) mass is 311 g/mol. The molecule has 1 N–H and O–H groups in total. The lowest BCUT2D eigenvalue weighted by Gasteiger charge is -2.18. The molecule has 3 nitrogen and oxygen atoms in total. The normalized spacial score (nSPS) is 10.7. The molecule has 0 saturated heterocycles. The average Bonchev–Trinajstić information content (AvgIpc) is 2.62. The number of carbonyl (C=O) groups is 1. The van der Waals surface area contributed by atoms with Crippen molar-refractivity contribution in [2.24, 2.45) is 0 Å². The predicted octanol–water partition coefficient (Wildman–Crippen LogP) is 3.75. The quantitative estimate of drug-likeness (QED) is 0.566. The zero-order chi connectivity index (χ0) is 16.3. The molecule has 0 heterocycles. The second kappa shape index (κ2) is 9.80. The zero-order valence-corrected chi connectivity index (χ0v) is 13.7. The van der Waals surface area contributed by atoms with Crippen molar-refractivity contribution in [1.82, 2.24) is 5.32 Å². The summed E-state index contributed by atoms with van der Waals surface area (Å²) in [5.74, 6) is 0.237. The van der Waals surface area contributed by atoms with Crippen LogP contribution in [0.3, 0.4) is 0 Å². The van der Waals surface area contributed by atoms with E-state index in [1.807, 2.05) is 12.1 Å². The Kier molecular flexibility index (Phi) is 7.34. The lowest BCUT2D eigenvalue weighted by atomic mass is 9.88. The van der Waals surface area contributed by atoms with E-state index in [0.717, 1.165) is 13.0 Å². The van der Waals surface area contributed by atoms with Gasteiger partial charge in [-0.1, -0.05) is 67.6 Å². The van der Waals surface area contributed by atoms with E-state index in [9.17, 15) is 4.79 Å². The fraction of sp³-hybridized carbons (Fsp3) is 0.350. The van der Waals surface area contributed by atoms with Crippen LogP contribution in [0.4, 0.5) is 0 Å². The minimum absolute atomic E-state index is 0.141. The number of esters is 1. The van der Waals surface area contributed by atoms with Crippen LogP contribution in [0, 0.1) is 0 Å². The molecule has 0 amide bonds. The lowest BCUT2D eigenvalue weighted by molar-refractivity contribution is -0.143. The number of nitrogens with one attached hydrogen (secondary N) is 1. The molecule has 3 heteroatoms. The summed E-state index contributed by atoms with van der Waals surface area (Å²) in [4.78, 5) is 11.1. The molecule has 0 aliphatic carbocycles. The highest BCUT2D eigenvalue weighted by Crippen LogP contribution is 2.27. The van der Waals surface area contributed by atoms with Crippen molar-refractivity contribution in [1.29, 1.82) is 0 Å². The minimum atomic E-state index is -0.141. The first-order valence-corrected chi connectivity index (χ1v) is 8.27. The number of hydrogen-bond donors (Lipinski definition) is 1. The smallest absolute Gasteiger partial charge is 0.305 e. The maximum absolute atomic E-state index is 11.1. The minimum Gasteiger partial charge on any atom is -0.464 e. The SMILES string of the molecule is CCC(=O)OCCNCCC(c1ccccc1)c1ccccc1.